The van der Waals surface area contributed by atoms with E-state index in [0.717, 1.165) is 11.1 Å². The van der Waals surface area contributed by atoms with Crippen molar-refractivity contribution in [2.24, 2.45) is 11.8 Å². The molecule has 0 aliphatic heterocycles. The van der Waals surface area contributed by atoms with Gasteiger partial charge in [-0.3, -0.25) is 9.59 Å². The number of rotatable bonds is 5. The molecule has 0 fully saturated rings. The summed E-state index contributed by atoms with van der Waals surface area (Å²) in [6, 6.07) is 28.3. The molecule has 0 heterocycles. The standard InChI is InChI=1S/C26H23NO3/c28-25(27-20-14-8-3-9-15-20)23-21(18-10-4-1-5-11-18)16-17-22(24(23)26(29)30)19-12-6-2-7-13-19/h1-17,21-24H,(H,27,28)(H,29,30). The smallest absolute Gasteiger partial charge is 0.308 e. The Bertz CT molecular complexity index is 1030. The van der Waals surface area contributed by atoms with Gasteiger partial charge in [0, 0.05) is 17.5 Å². The number of carboxylic acid groups (broad SMARTS) is 1. The van der Waals surface area contributed by atoms with Crippen LogP contribution in [0.1, 0.15) is 23.0 Å². The number of carbonyl (C=O) groups is 2. The lowest BCUT2D eigenvalue weighted by Crippen LogP contribution is -2.42. The van der Waals surface area contributed by atoms with E-state index in [0.29, 0.717) is 5.69 Å². The van der Waals surface area contributed by atoms with Crippen LogP contribution < -0.4 is 5.32 Å². The van der Waals surface area contributed by atoms with E-state index in [1.165, 1.54) is 0 Å². The summed E-state index contributed by atoms with van der Waals surface area (Å²) in [4.78, 5) is 25.9. The fourth-order valence-electron chi connectivity index (χ4n) is 4.29. The van der Waals surface area contributed by atoms with Gasteiger partial charge in [0.05, 0.1) is 11.8 Å². The maximum atomic E-state index is 13.4. The molecule has 0 bridgehead atoms. The zero-order valence-electron chi connectivity index (χ0n) is 16.4. The van der Waals surface area contributed by atoms with E-state index in [9.17, 15) is 14.7 Å². The van der Waals surface area contributed by atoms with Crippen LogP contribution in [-0.4, -0.2) is 17.0 Å². The highest BCUT2D eigenvalue weighted by molar-refractivity contribution is 5.96. The van der Waals surface area contributed by atoms with E-state index in [1.54, 1.807) is 12.1 Å². The minimum atomic E-state index is -0.970. The molecule has 4 unspecified atom stereocenters. The molecular formula is C26H23NO3. The molecule has 4 rings (SSSR count). The average molecular weight is 397 g/mol. The van der Waals surface area contributed by atoms with E-state index in [2.05, 4.69) is 5.32 Å². The quantitative estimate of drug-likeness (QED) is 0.590. The summed E-state index contributed by atoms with van der Waals surface area (Å²) in [6.45, 7) is 0. The summed E-state index contributed by atoms with van der Waals surface area (Å²) in [5.41, 5.74) is 2.48. The molecule has 2 N–H and O–H groups in total. The van der Waals surface area contributed by atoms with Crippen LogP contribution in [0, 0.1) is 11.8 Å². The maximum Gasteiger partial charge on any atom is 0.308 e. The Hall–Kier alpha value is -3.66. The molecule has 150 valence electrons. The molecule has 1 aliphatic carbocycles. The second-order valence-electron chi connectivity index (χ2n) is 7.50. The monoisotopic (exact) mass is 397 g/mol. The van der Waals surface area contributed by atoms with Crippen molar-refractivity contribution in [2.45, 2.75) is 11.8 Å². The molecule has 1 amide bonds. The van der Waals surface area contributed by atoms with Crippen molar-refractivity contribution in [1.29, 1.82) is 0 Å². The Morgan fingerprint density at radius 2 is 1.07 bits per heavy atom. The summed E-state index contributed by atoms with van der Waals surface area (Å²) in [7, 11) is 0. The lowest BCUT2D eigenvalue weighted by molar-refractivity contribution is -0.147. The number of benzene rings is 3. The predicted octanol–water partition coefficient (Wildman–Crippen LogP) is 5.08. The summed E-state index contributed by atoms with van der Waals surface area (Å²) in [5.74, 6) is -3.59. The summed E-state index contributed by atoms with van der Waals surface area (Å²) in [5, 5.41) is 13.1. The fourth-order valence-corrected chi connectivity index (χ4v) is 4.29. The minimum absolute atomic E-state index is 0.285. The number of nitrogens with one attached hydrogen (secondary N) is 1. The van der Waals surface area contributed by atoms with Gasteiger partial charge >= 0.3 is 5.97 Å². The van der Waals surface area contributed by atoms with Crippen molar-refractivity contribution in [3.05, 3.63) is 114 Å². The lowest BCUT2D eigenvalue weighted by Gasteiger charge is -2.37. The first-order valence-corrected chi connectivity index (χ1v) is 10.0. The third-order valence-electron chi connectivity index (χ3n) is 5.68. The van der Waals surface area contributed by atoms with Crippen LogP contribution in [0.4, 0.5) is 5.69 Å². The van der Waals surface area contributed by atoms with Crippen LogP contribution in [-0.2, 0) is 9.59 Å². The Labute approximate surface area is 175 Å². The van der Waals surface area contributed by atoms with Crippen molar-refractivity contribution in [2.75, 3.05) is 5.32 Å². The number of para-hydroxylation sites is 1. The summed E-state index contributed by atoms with van der Waals surface area (Å²) < 4.78 is 0. The van der Waals surface area contributed by atoms with Gasteiger partial charge in [0.2, 0.25) is 5.91 Å². The van der Waals surface area contributed by atoms with Crippen molar-refractivity contribution in [3.63, 3.8) is 0 Å². The highest BCUT2D eigenvalue weighted by Gasteiger charge is 2.46. The maximum absolute atomic E-state index is 13.4. The van der Waals surface area contributed by atoms with E-state index in [1.807, 2.05) is 91.0 Å². The fraction of sp³-hybridized carbons (Fsp3) is 0.154. The number of carboxylic acids is 1. The molecule has 0 aromatic heterocycles. The van der Waals surface area contributed by atoms with Gasteiger partial charge < -0.3 is 10.4 Å². The molecule has 30 heavy (non-hydrogen) atoms. The van der Waals surface area contributed by atoms with Crippen molar-refractivity contribution >= 4 is 17.6 Å². The molecule has 4 atom stereocenters. The van der Waals surface area contributed by atoms with Crippen molar-refractivity contribution in [3.8, 4) is 0 Å². The molecule has 4 heteroatoms. The number of allylic oxidation sites excluding steroid dienone is 2. The van der Waals surface area contributed by atoms with Gasteiger partial charge in [0.25, 0.3) is 0 Å². The van der Waals surface area contributed by atoms with Crippen LogP contribution >= 0.6 is 0 Å². The average Bonchev–Trinajstić information content (AvgIpc) is 2.80. The van der Waals surface area contributed by atoms with Crippen molar-refractivity contribution in [1.82, 2.24) is 0 Å². The number of amides is 1. The third kappa shape index (κ3) is 4.03. The van der Waals surface area contributed by atoms with Crippen LogP contribution in [0.5, 0.6) is 0 Å². The van der Waals surface area contributed by atoms with Crippen LogP contribution in [0.3, 0.4) is 0 Å². The molecule has 3 aromatic carbocycles. The Morgan fingerprint density at radius 1 is 0.633 bits per heavy atom. The van der Waals surface area contributed by atoms with E-state index in [4.69, 9.17) is 0 Å². The zero-order chi connectivity index (χ0) is 20.9. The SMILES string of the molecule is O=C(O)C1C(c2ccccc2)C=CC(c2ccccc2)C1C(=O)Nc1ccccc1. The normalized spacial score (nSPS) is 22.9. The predicted molar refractivity (Wildman–Crippen MR) is 117 cm³/mol. The largest absolute Gasteiger partial charge is 0.481 e. The first-order chi connectivity index (χ1) is 14.6. The summed E-state index contributed by atoms with van der Waals surface area (Å²) in [6.07, 6.45) is 3.93. The molecule has 4 nitrogen and oxygen atoms in total. The molecular weight excluding hydrogens is 374 g/mol. The Balaban J connectivity index is 1.78. The summed E-state index contributed by atoms with van der Waals surface area (Å²) >= 11 is 0. The lowest BCUT2D eigenvalue weighted by atomic mass is 9.66. The van der Waals surface area contributed by atoms with Gasteiger partial charge in [-0.15, -0.1) is 0 Å². The van der Waals surface area contributed by atoms with Gasteiger partial charge in [0.1, 0.15) is 0 Å². The van der Waals surface area contributed by atoms with Gasteiger partial charge in [-0.2, -0.15) is 0 Å². The molecule has 0 spiro atoms. The molecule has 0 radical (unpaired) electrons. The number of carbonyl (C=O) groups excluding carboxylic acids is 1. The topological polar surface area (TPSA) is 66.4 Å². The number of anilines is 1. The van der Waals surface area contributed by atoms with Gasteiger partial charge in [-0.05, 0) is 23.3 Å². The Kier molecular flexibility index (Phi) is 5.75. The molecule has 1 aliphatic rings. The minimum Gasteiger partial charge on any atom is -0.481 e. The van der Waals surface area contributed by atoms with Crippen molar-refractivity contribution < 1.29 is 14.7 Å². The van der Waals surface area contributed by atoms with Gasteiger partial charge in [-0.1, -0.05) is 91.0 Å². The number of hydrogen-bond donors (Lipinski definition) is 2. The first-order valence-electron chi connectivity index (χ1n) is 10.0. The van der Waals surface area contributed by atoms with E-state index < -0.39 is 17.8 Å². The Morgan fingerprint density at radius 3 is 1.53 bits per heavy atom. The zero-order valence-corrected chi connectivity index (χ0v) is 16.4. The third-order valence-corrected chi connectivity index (χ3v) is 5.68. The highest BCUT2D eigenvalue weighted by atomic mass is 16.4. The molecule has 0 saturated heterocycles. The van der Waals surface area contributed by atoms with Crippen LogP contribution in [0.15, 0.2) is 103 Å². The molecule has 0 saturated carbocycles. The van der Waals surface area contributed by atoms with Gasteiger partial charge in [0.15, 0.2) is 0 Å². The number of aliphatic carboxylic acids is 1. The van der Waals surface area contributed by atoms with E-state index in [-0.39, 0.29) is 17.7 Å². The van der Waals surface area contributed by atoms with Crippen LogP contribution in [0.25, 0.3) is 0 Å². The second kappa shape index (κ2) is 8.78. The highest BCUT2D eigenvalue weighted by Crippen LogP contribution is 2.45. The van der Waals surface area contributed by atoms with Crippen LogP contribution in [0.2, 0.25) is 0 Å². The van der Waals surface area contributed by atoms with E-state index >= 15 is 0 Å². The van der Waals surface area contributed by atoms with Gasteiger partial charge in [-0.25, -0.2) is 0 Å². The first kappa shape index (κ1) is 19.6. The second-order valence-corrected chi connectivity index (χ2v) is 7.50. The number of hydrogen-bond acceptors (Lipinski definition) is 2. The molecule has 3 aromatic rings.